The maximum absolute atomic E-state index is 11.1. The molecule has 0 saturated heterocycles. The summed E-state index contributed by atoms with van der Waals surface area (Å²) in [6, 6.07) is 0. The number of amides is 1. The molecule has 1 atom stereocenters. The first-order valence-corrected chi connectivity index (χ1v) is 5.52. The van der Waals surface area contributed by atoms with Crippen molar-refractivity contribution in [3.63, 3.8) is 0 Å². The molecule has 0 aromatic carbocycles. The van der Waals surface area contributed by atoms with E-state index in [9.17, 15) is 4.79 Å². The van der Waals surface area contributed by atoms with Crippen LogP contribution in [0.25, 0.3) is 0 Å². The molecule has 0 aromatic rings. The number of unbranched alkanes of at least 4 members (excludes halogenated alkanes) is 1. The molecule has 1 amide bonds. The van der Waals surface area contributed by atoms with Crippen LogP contribution < -0.4 is 5.32 Å². The van der Waals surface area contributed by atoms with Crippen molar-refractivity contribution in [3.8, 4) is 0 Å². The van der Waals surface area contributed by atoms with Gasteiger partial charge in [-0.15, -0.1) is 0 Å². The highest BCUT2D eigenvalue weighted by atomic mass is 79.9. The maximum Gasteiger partial charge on any atom is 0.233 e. The van der Waals surface area contributed by atoms with Crippen LogP contribution in [0.2, 0.25) is 0 Å². The molecule has 0 radical (unpaired) electrons. The van der Waals surface area contributed by atoms with E-state index in [1.54, 1.807) is 0 Å². The molecule has 0 spiro atoms. The summed E-state index contributed by atoms with van der Waals surface area (Å²) < 4.78 is 0. The fourth-order valence-corrected chi connectivity index (χ4v) is 1.07. The summed E-state index contributed by atoms with van der Waals surface area (Å²) in [7, 11) is 4.11. The highest BCUT2D eigenvalue weighted by molar-refractivity contribution is 9.10. The maximum atomic E-state index is 11.1. The van der Waals surface area contributed by atoms with Crippen LogP contribution in [-0.2, 0) is 4.79 Å². The fourth-order valence-electron chi connectivity index (χ4n) is 0.905. The first-order chi connectivity index (χ1) is 6.04. The summed E-state index contributed by atoms with van der Waals surface area (Å²) in [5.41, 5.74) is 0. The van der Waals surface area contributed by atoms with Gasteiger partial charge in [-0.2, -0.15) is 0 Å². The predicted octanol–water partition coefficient (Wildman–Crippen LogP) is 1.23. The minimum absolute atomic E-state index is 0.0739. The number of nitrogens with one attached hydrogen (secondary N) is 1. The third-order valence-electron chi connectivity index (χ3n) is 1.69. The Morgan fingerprint density at radius 1 is 1.46 bits per heavy atom. The Hall–Kier alpha value is -0.0900. The van der Waals surface area contributed by atoms with Crippen molar-refractivity contribution in [1.82, 2.24) is 10.2 Å². The average Bonchev–Trinajstić information content (AvgIpc) is 2.02. The Morgan fingerprint density at radius 2 is 2.08 bits per heavy atom. The molecule has 0 aliphatic rings. The second-order valence-corrected chi connectivity index (χ2v) is 4.79. The molecule has 1 N–H and O–H groups in total. The van der Waals surface area contributed by atoms with Gasteiger partial charge in [0.15, 0.2) is 0 Å². The van der Waals surface area contributed by atoms with Gasteiger partial charge >= 0.3 is 0 Å². The predicted molar refractivity (Wildman–Crippen MR) is 59.2 cm³/mol. The Labute approximate surface area is 89.0 Å². The first-order valence-electron chi connectivity index (χ1n) is 4.60. The lowest BCUT2D eigenvalue weighted by Crippen LogP contribution is -2.30. The molecule has 1 unspecified atom stereocenters. The van der Waals surface area contributed by atoms with Gasteiger partial charge in [0.05, 0.1) is 4.83 Å². The molecular weight excluding hydrogens is 232 g/mol. The van der Waals surface area contributed by atoms with Crippen LogP contribution in [0.15, 0.2) is 0 Å². The van der Waals surface area contributed by atoms with Crippen molar-refractivity contribution in [3.05, 3.63) is 0 Å². The smallest absolute Gasteiger partial charge is 0.233 e. The summed E-state index contributed by atoms with van der Waals surface area (Å²) in [4.78, 5) is 13.1. The zero-order chi connectivity index (χ0) is 10.3. The molecule has 13 heavy (non-hydrogen) atoms. The topological polar surface area (TPSA) is 32.3 Å². The second kappa shape index (κ2) is 7.33. The van der Waals surface area contributed by atoms with E-state index in [-0.39, 0.29) is 10.7 Å². The lowest BCUT2D eigenvalue weighted by molar-refractivity contribution is -0.120. The number of carbonyl (C=O) groups excluding carboxylic acids is 1. The number of hydrogen-bond donors (Lipinski definition) is 1. The molecule has 78 valence electrons. The molecule has 0 aliphatic carbocycles. The zero-order valence-corrected chi connectivity index (χ0v) is 10.2. The first kappa shape index (κ1) is 12.9. The van der Waals surface area contributed by atoms with E-state index in [0.717, 1.165) is 25.9 Å². The highest BCUT2D eigenvalue weighted by Crippen LogP contribution is 1.96. The van der Waals surface area contributed by atoms with Gasteiger partial charge in [-0.25, -0.2) is 0 Å². The number of hydrogen-bond acceptors (Lipinski definition) is 2. The van der Waals surface area contributed by atoms with Crippen LogP contribution in [0, 0.1) is 0 Å². The molecule has 0 bridgehead atoms. The Bertz CT molecular complexity index is 149. The molecule has 4 heteroatoms. The van der Waals surface area contributed by atoms with Crippen LogP contribution in [0.1, 0.15) is 19.8 Å². The fraction of sp³-hybridized carbons (Fsp3) is 0.889. The van der Waals surface area contributed by atoms with Gasteiger partial charge in [0.2, 0.25) is 5.91 Å². The van der Waals surface area contributed by atoms with Gasteiger partial charge < -0.3 is 10.2 Å². The van der Waals surface area contributed by atoms with Crippen molar-refractivity contribution < 1.29 is 4.79 Å². The van der Waals surface area contributed by atoms with Crippen molar-refractivity contribution in [2.75, 3.05) is 27.2 Å². The number of alkyl halides is 1. The van der Waals surface area contributed by atoms with Crippen LogP contribution in [0.5, 0.6) is 0 Å². The van der Waals surface area contributed by atoms with Crippen molar-refractivity contribution in [2.24, 2.45) is 0 Å². The number of carbonyl (C=O) groups is 1. The summed E-state index contributed by atoms with van der Waals surface area (Å²) in [5.74, 6) is 0.0739. The summed E-state index contributed by atoms with van der Waals surface area (Å²) >= 11 is 3.21. The largest absolute Gasteiger partial charge is 0.355 e. The summed E-state index contributed by atoms with van der Waals surface area (Å²) in [6.07, 6.45) is 2.17. The molecule has 0 aliphatic heterocycles. The van der Waals surface area contributed by atoms with Gasteiger partial charge in [0.25, 0.3) is 0 Å². The third kappa shape index (κ3) is 8.25. The Morgan fingerprint density at radius 3 is 2.54 bits per heavy atom. The normalized spacial score (nSPS) is 13.0. The molecular formula is C9H19BrN2O. The van der Waals surface area contributed by atoms with E-state index >= 15 is 0 Å². The highest BCUT2D eigenvalue weighted by Gasteiger charge is 2.06. The van der Waals surface area contributed by atoms with Crippen LogP contribution in [0.4, 0.5) is 0 Å². The molecule has 3 nitrogen and oxygen atoms in total. The van der Waals surface area contributed by atoms with Crippen molar-refractivity contribution in [2.45, 2.75) is 24.6 Å². The van der Waals surface area contributed by atoms with Crippen molar-refractivity contribution in [1.29, 1.82) is 0 Å². The lowest BCUT2D eigenvalue weighted by Gasteiger charge is -2.09. The quantitative estimate of drug-likeness (QED) is 0.568. The molecule has 0 rings (SSSR count). The van der Waals surface area contributed by atoms with Crippen LogP contribution >= 0.6 is 15.9 Å². The minimum atomic E-state index is -0.0821. The molecule has 0 heterocycles. The van der Waals surface area contributed by atoms with Crippen molar-refractivity contribution >= 4 is 21.8 Å². The van der Waals surface area contributed by atoms with Gasteiger partial charge in [-0.3, -0.25) is 4.79 Å². The average molecular weight is 251 g/mol. The standard InChI is InChI=1S/C9H19BrN2O/c1-8(10)9(13)11-6-4-5-7-12(2)3/h8H,4-7H2,1-3H3,(H,11,13). The van der Waals surface area contributed by atoms with E-state index < -0.39 is 0 Å². The summed E-state index contributed by atoms with van der Waals surface area (Å²) in [5, 5.41) is 2.85. The van der Waals surface area contributed by atoms with E-state index in [2.05, 4.69) is 40.2 Å². The van der Waals surface area contributed by atoms with Gasteiger partial charge in [0.1, 0.15) is 0 Å². The van der Waals surface area contributed by atoms with Gasteiger partial charge in [-0.1, -0.05) is 15.9 Å². The lowest BCUT2D eigenvalue weighted by atomic mass is 10.3. The zero-order valence-electron chi connectivity index (χ0n) is 8.64. The Kier molecular flexibility index (Phi) is 7.28. The third-order valence-corrected chi connectivity index (χ3v) is 2.11. The second-order valence-electron chi connectivity index (χ2n) is 3.42. The monoisotopic (exact) mass is 250 g/mol. The van der Waals surface area contributed by atoms with Gasteiger partial charge in [-0.05, 0) is 40.4 Å². The van der Waals surface area contributed by atoms with Gasteiger partial charge in [0, 0.05) is 6.54 Å². The Balaban J connectivity index is 3.21. The van der Waals surface area contributed by atoms with E-state index in [1.807, 2.05) is 6.92 Å². The number of halogens is 1. The summed E-state index contributed by atoms with van der Waals surface area (Å²) in [6.45, 7) is 3.69. The van der Waals surface area contributed by atoms with E-state index in [0.29, 0.717) is 0 Å². The SMILES string of the molecule is CC(Br)C(=O)NCCCCN(C)C. The van der Waals surface area contributed by atoms with Crippen LogP contribution in [0.3, 0.4) is 0 Å². The minimum Gasteiger partial charge on any atom is -0.355 e. The molecule has 0 fully saturated rings. The van der Waals surface area contributed by atoms with Crippen LogP contribution in [-0.4, -0.2) is 42.8 Å². The number of nitrogens with zero attached hydrogens (tertiary/aromatic N) is 1. The van der Waals surface area contributed by atoms with E-state index in [1.165, 1.54) is 0 Å². The molecule has 0 aromatic heterocycles. The molecule has 0 saturated carbocycles. The van der Waals surface area contributed by atoms with E-state index in [4.69, 9.17) is 0 Å². The number of rotatable bonds is 6.